The number of nitrogens with one attached hydrogen (secondary N) is 2. The minimum absolute atomic E-state index is 0.00740. The highest BCUT2D eigenvalue weighted by Gasteiger charge is 2.43. The smallest absolute Gasteiger partial charge is 0.237 e. The number of aromatic nitrogens is 2. The molecule has 2 fully saturated rings. The van der Waals surface area contributed by atoms with E-state index in [2.05, 4.69) is 22.0 Å². The lowest BCUT2D eigenvalue weighted by Crippen LogP contribution is -2.62. The Morgan fingerprint density at radius 1 is 1.43 bits per heavy atom. The van der Waals surface area contributed by atoms with Crippen LogP contribution in [0.5, 0.6) is 0 Å². The molecular weight excluding hydrogens is 376 g/mol. The Morgan fingerprint density at radius 2 is 2.25 bits per heavy atom. The average molecular weight is 399 g/mol. The summed E-state index contributed by atoms with van der Waals surface area (Å²) >= 11 is 6.26. The number of nitrogens with two attached hydrogens (primary N) is 1. The lowest BCUT2D eigenvalue weighted by Gasteiger charge is -2.43. The molecule has 2 heterocycles. The van der Waals surface area contributed by atoms with Crippen LogP contribution in [0.25, 0.3) is 11.3 Å². The molecule has 2 aromatic rings. The van der Waals surface area contributed by atoms with Crippen molar-refractivity contribution in [3.63, 3.8) is 0 Å². The number of rotatable bonds is 3. The SMILES string of the molecule is Cn1ncc(C2CCC3C(=O)NNC(CN)C3C2)c1-c1cccc(Cl)c1C#N. The fraction of sp³-hybridized carbons (Fsp3) is 0.450. The molecule has 1 aliphatic carbocycles. The third-order valence-electron chi connectivity index (χ3n) is 6.18. The van der Waals surface area contributed by atoms with Crippen LogP contribution >= 0.6 is 11.6 Å². The number of hydrogen-bond acceptors (Lipinski definition) is 5. The average Bonchev–Trinajstić information content (AvgIpc) is 3.09. The lowest BCUT2D eigenvalue weighted by molar-refractivity contribution is -0.133. The van der Waals surface area contributed by atoms with Crippen molar-refractivity contribution < 1.29 is 4.79 Å². The Bertz CT molecular complexity index is 949. The minimum atomic E-state index is -0.00740. The standard InChI is InChI=1S/C20H23ClN6O/c1-27-19(12-3-2-4-17(21)15(12)8-22)16(10-24-27)11-5-6-13-14(7-11)18(9-23)25-26-20(13)28/h2-4,10-11,13-14,18,25H,5-7,9,23H2,1H3,(H,26,28). The molecule has 4 atom stereocenters. The Morgan fingerprint density at radius 3 is 3.00 bits per heavy atom. The predicted molar refractivity (Wildman–Crippen MR) is 106 cm³/mol. The Kier molecular flexibility index (Phi) is 5.11. The maximum absolute atomic E-state index is 12.3. The maximum Gasteiger partial charge on any atom is 0.237 e. The monoisotopic (exact) mass is 398 g/mol. The van der Waals surface area contributed by atoms with Crippen molar-refractivity contribution in [2.45, 2.75) is 31.2 Å². The number of nitrogens with zero attached hydrogens (tertiary/aromatic N) is 3. The molecule has 146 valence electrons. The second-order valence-electron chi connectivity index (χ2n) is 7.60. The Hall–Kier alpha value is -2.40. The van der Waals surface area contributed by atoms with Gasteiger partial charge in [-0.1, -0.05) is 23.7 Å². The van der Waals surface area contributed by atoms with Crippen LogP contribution in [0.4, 0.5) is 0 Å². The van der Waals surface area contributed by atoms with Gasteiger partial charge in [-0.05, 0) is 37.2 Å². The molecule has 1 aromatic heterocycles. The van der Waals surface area contributed by atoms with E-state index in [0.717, 1.165) is 36.1 Å². The van der Waals surface area contributed by atoms with E-state index in [-0.39, 0.29) is 29.7 Å². The van der Waals surface area contributed by atoms with Crippen molar-refractivity contribution in [3.8, 4) is 17.3 Å². The number of fused-ring (bicyclic) bond motifs is 1. The van der Waals surface area contributed by atoms with Crippen molar-refractivity contribution in [1.82, 2.24) is 20.6 Å². The molecule has 4 rings (SSSR count). The van der Waals surface area contributed by atoms with Gasteiger partial charge in [0.15, 0.2) is 0 Å². The van der Waals surface area contributed by atoms with Gasteiger partial charge in [0.25, 0.3) is 0 Å². The summed E-state index contributed by atoms with van der Waals surface area (Å²) in [4.78, 5) is 12.3. The first kappa shape index (κ1) is 18.9. The van der Waals surface area contributed by atoms with Crippen LogP contribution in [0, 0.1) is 23.2 Å². The second-order valence-corrected chi connectivity index (χ2v) is 8.01. The van der Waals surface area contributed by atoms with Crippen LogP contribution in [0.2, 0.25) is 5.02 Å². The van der Waals surface area contributed by atoms with Crippen LogP contribution in [0.15, 0.2) is 24.4 Å². The van der Waals surface area contributed by atoms with Crippen molar-refractivity contribution in [1.29, 1.82) is 5.26 Å². The van der Waals surface area contributed by atoms with Crippen molar-refractivity contribution >= 4 is 17.5 Å². The molecule has 0 radical (unpaired) electrons. The third kappa shape index (κ3) is 3.08. The van der Waals surface area contributed by atoms with Gasteiger partial charge in [-0.15, -0.1) is 0 Å². The first-order valence-electron chi connectivity index (χ1n) is 9.51. The number of halogens is 1. The van der Waals surface area contributed by atoms with E-state index in [1.165, 1.54) is 0 Å². The molecule has 1 aromatic carbocycles. The normalized spacial score (nSPS) is 27.0. The van der Waals surface area contributed by atoms with Gasteiger partial charge in [-0.2, -0.15) is 10.4 Å². The minimum Gasteiger partial charge on any atom is -0.329 e. The van der Waals surface area contributed by atoms with Gasteiger partial charge in [0.1, 0.15) is 6.07 Å². The van der Waals surface area contributed by atoms with Gasteiger partial charge < -0.3 is 5.73 Å². The number of carbonyl (C=O) groups excluding carboxylic acids is 1. The number of hydrazine groups is 1. The number of hydrogen-bond donors (Lipinski definition) is 3. The lowest BCUT2D eigenvalue weighted by atomic mass is 9.68. The van der Waals surface area contributed by atoms with E-state index < -0.39 is 0 Å². The summed E-state index contributed by atoms with van der Waals surface area (Å²) in [6.45, 7) is 0.473. The van der Waals surface area contributed by atoms with Gasteiger partial charge in [0.05, 0.1) is 22.5 Å². The zero-order chi connectivity index (χ0) is 19.8. The van der Waals surface area contributed by atoms with E-state index in [9.17, 15) is 10.1 Å². The predicted octanol–water partition coefficient (Wildman–Crippen LogP) is 2.07. The number of nitriles is 1. The zero-order valence-electron chi connectivity index (χ0n) is 15.7. The highest BCUT2D eigenvalue weighted by Crippen LogP contribution is 2.45. The molecule has 1 amide bonds. The number of benzene rings is 1. The van der Waals surface area contributed by atoms with Gasteiger partial charge in [-0.25, -0.2) is 5.43 Å². The van der Waals surface area contributed by atoms with E-state index in [1.807, 2.05) is 25.4 Å². The molecule has 28 heavy (non-hydrogen) atoms. The van der Waals surface area contributed by atoms with E-state index in [4.69, 9.17) is 17.3 Å². The number of carbonyl (C=O) groups is 1. The fourth-order valence-electron chi connectivity index (χ4n) is 4.77. The quantitative estimate of drug-likeness (QED) is 0.733. The van der Waals surface area contributed by atoms with Gasteiger partial charge in [-0.3, -0.25) is 14.9 Å². The van der Waals surface area contributed by atoms with Crippen LogP contribution < -0.4 is 16.6 Å². The molecule has 0 spiro atoms. The van der Waals surface area contributed by atoms with E-state index in [1.54, 1.807) is 10.7 Å². The molecular formula is C20H23ClN6O. The Balaban J connectivity index is 1.72. The number of aryl methyl sites for hydroxylation is 1. The highest BCUT2D eigenvalue weighted by molar-refractivity contribution is 6.32. The summed E-state index contributed by atoms with van der Waals surface area (Å²) in [6, 6.07) is 7.78. The first-order valence-corrected chi connectivity index (χ1v) is 9.89. The van der Waals surface area contributed by atoms with Gasteiger partial charge >= 0.3 is 0 Å². The zero-order valence-corrected chi connectivity index (χ0v) is 16.4. The summed E-state index contributed by atoms with van der Waals surface area (Å²) < 4.78 is 1.81. The molecule has 8 heteroatoms. The van der Waals surface area contributed by atoms with Crippen molar-refractivity contribution in [3.05, 3.63) is 40.5 Å². The first-order chi connectivity index (χ1) is 13.5. The third-order valence-corrected chi connectivity index (χ3v) is 6.49. The summed E-state index contributed by atoms with van der Waals surface area (Å²) in [6.07, 6.45) is 4.45. The van der Waals surface area contributed by atoms with Crippen LogP contribution in [-0.2, 0) is 11.8 Å². The van der Waals surface area contributed by atoms with Gasteiger partial charge in [0.2, 0.25) is 5.91 Å². The van der Waals surface area contributed by atoms with E-state index >= 15 is 0 Å². The van der Waals surface area contributed by atoms with Gasteiger partial charge in [0, 0.05) is 36.7 Å². The molecule has 7 nitrogen and oxygen atoms in total. The molecule has 1 aliphatic heterocycles. The largest absolute Gasteiger partial charge is 0.329 e. The highest BCUT2D eigenvalue weighted by atomic mass is 35.5. The van der Waals surface area contributed by atoms with Crippen molar-refractivity contribution in [2.75, 3.05) is 6.54 Å². The van der Waals surface area contributed by atoms with Crippen LogP contribution in [-0.4, -0.2) is 28.3 Å². The van der Waals surface area contributed by atoms with Crippen LogP contribution in [0.3, 0.4) is 0 Å². The molecule has 1 saturated heterocycles. The summed E-state index contributed by atoms with van der Waals surface area (Å²) in [5.41, 5.74) is 15.0. The summed E-state index contributed by atoms with van der Waals surface area (Å²) in [7, 11) is 1.88. The summed E-state index contributed by atoms with van der Waals surface area (Å²) in [5, 5.41) is 14.5. The fourth-order valence-corrected chi connectivity index (χ4v) is 4.99. The second kappa shape index (κ2) is 7.55. The summed E-state index contributed by atoms with van der Waals surface area (Å²) in [5.74, 6) is 0.478. The molecule has 4 unspecified atom stereocenters. The molecule has 4 N–H and O–H groups in total. The van der Waals surface area contributed by atoms with Crippen molar-refractivity contribution in [2.24, 2.45) is 24.6 Å². The molecule has 1 saturated carbocycles. The van der Waals surface area contributed by atoms with E-state index in [0.29, 0.717) is 17.1 Å². The molecule has 2 aliphatic rings. The topological polar surface area (TPSA) is 109 Å². The molecule has 0 bridgehead atoms. The van der Waals surface area contributed by atoms with Crippen LogP contribution in [0.1, 0.15) is 36.3 Å². The number of amides is 1. The Labute approximate surface area is 168 Å². The maximum atomic E-state index is 12.3.